The van der Waals surface area contributed by atoms with Crippen LogP contribution in [-0.2, 0) is 22.7 Å². The second kappa shape index (κ2) is 13.9. The Labute approximate surface area is 192 Å². The number of rotatable bonds is 13. The van der Waals surface area contributed by atoms with Gasteiger partial charge >= 0.3 is 0 Å². The standard InChI is InChI=1S/C26H37N3O3/c27-14-6-2-5-9-26(30)29(16-15-28-17-19-31-20-18-28)21-23-10-12-25(13-11-23)32-22-24-7-3-1-4-8-24/h1,3-4,7-8,10-13H,2,5-6,9,14-22,27H2. The van der Waals surface area contributed by atoms with Gasteiger partial charge in [0.1, 0.15) is 12.4 Å². The van der Waals surface area contributed by atoms with Crippen molar-refractivity contribution in [2.45, 2.75) is 38.8 Å². The van der Waals surface area contributed by atoms with E-state index in [1.165, 1.54) is 0 Å². The minimum Gasteiger partial charge on any atom is -0.489 e. The number of carbonyl (C=O) groups excluding carboxylic acids is 1. The predicted molar refractivity (Wildman–Crippen MR) is 127 cm³/mol. The maximum Gasteiger partial charge on any atom is 0.222 e. The molecule has 0 saturated carbocycles. The van der Waals surface area contributed by atoms with Gasteiger partial charge in [-0.05, 0) is 42.6 Å². The van der Waals surface area contributed by atoms with Crippen molar-refractivity contribution in [2.75, 3.05) is 45.9 Å². The van der Waals surface area contributed by atoms with Crippen molar-refractivity contribution < 1.29 is 14.3 Å². The summed E-state index contributed by atoms with van der Waals surface area (Å²) in [6.07, 6.45) is 3.47. The van der Waals surface area contributed by atoms with E-state index in [2.05, 4.69) is 29.2 Å². The van der Waals surface area contributed by atoms with E-state index in [1.54, 1.807) is 0 Å². The lowest BCUT2D eigenvalue weighted by molar-refractivity contribution is -0.132. The molecule has 2 N–H and O–H groups in total. The highest BCUT2D eigenvalue weighted by atomic mass is 16.5. The smallest absolute Gasteiger partial charge is 0.222 e. The molecule has 1 aliphatic rings. The molecule has 32 heavy (non-hydrogen) atoms. The average molecular weight is 440 g/mol. The number of nitrogens with zero attached hydrogens (tertiary/aromatic N) is 2. The van der Waals surface area contributed by atoms with E-state index in [0.717, 1.165) is 75.5 Å². The molecular formula is C26H37N3O3. The van der Waals surface area contributed by atoms with Crippen molar-refractivity contribution in [3.63, 3.8) is 0 Å². The van der Waals surface area contributed by atoms with Crippen LogP contribution in [0, 0.1) is 0 Å². The highest BCUT2D eigenvalue weighted by Crippen LogP contribution is 2.16. The molecule has 0 radical (unpaired) electrons. The van der Waals surface area contributed by atoms with Crippen LogP contribution in [0.15, 0.2) is 54.6 Å². The lowest BCUT2D eigenvalue weighted by Gasteiger charge is -2.30. The van der Waals surface area contributed by atoms with Crippen LogP contribution in [0.2, 0.25) is 0 Å². The molecule has 2 aromatic carbocycles. The molecule has 2 aromatic rings. The van der Waals surface area contributed by atoms with Gasteiger partial charge in [-0.1, -0.05) is 48.9 Å². The summed E-state index contributed by atoms with van der Waals surface area (Å²) in [5.74, 6) is 1.06. The third kappa shape index (κ3) is 8.61. The minimum atomic E-state index is 0.222. The van der Waals surface area contributed by atoms with E-state index in [1.807, 2.05) is 35.2 Å². The van der Waals surface area contributed by atoms with Crippen LogP contribution in [0.4, 0.5) is 0 Å². The lowest BCUT2D eigenvalue weighted by Crippen LogP contribution is -2.42. The summed E-state index contributed by atoms with van der Waals surface area (Å²) in [6.45, 7) is 6.91. The lowest BCUT2D eigenvalue weighted by atomic mass is 10.1. The number of ether oxygens (including phenoxy) is 2. The van der Waals surface area contributed by atoms with Crippen molar-refractivity contribution >= 4 is 5.91 Å². The number of carbonyl (C=O) groups is 1. The average Bonchev–Trinajstić information content (AvgIpc) is 2.85. The quantitative estimate of drug-likeness (QED) is 0.484. The molecule has 0 bridgehead atoms. The Balaban J connectivity index is 1.53. The summed E-state index contributed by atoms with van der Waals surface area (Å²) >= 11 is 0. The van der Waals surface area contributed by atoms with E-state index < -0.39 is 0 Å². The van der Waals surface area contributed by atoms with Crippen LogP contribution >= 0.6 is 0 Å². The molecule has 6 heteroatoms. The number of hydrogen-bond donors (Lipinski definition) is 1. The first-order valence-corrected chi connectivity index (χ1v) is 11.8. The highest BCUT2D eigenvalue weighted by Gasteiger charge is 2.17. The fraction of sp³-hybridized carbons (Fsp3) is 0.500. The molecule has 6 nitrogen and oxygen atoms in total. The fourth-order valence-corrected chi connectivity index (χ4v) is 3.79. The van der Waals surface area contributed by atoms with Gasteiger partial charge in [-0.15, -0.1) is 0 Å². The number of morpholine rings is 1. The van der Waals surface area contributed by atoms with Gasteiger partial charge in [0.15, 0.2) is 0 Å². The van der Waals surface area contributed by atoms with Crippen LogP contribution < -0.4 is 10.5 Å². The highest BCUT2D eigenvalue weighted by molar-refractivity contribution is 5.76. The number of nitrogens with two attached hydrogens (primary N) is 1. The molecule has 1 amide bonds. The molecule has 0 aromatic heterocycles. The second-order valence-electron chi connectivity index (χ2n) is 8.29. The fourth-order valence-electron chi connectivity index (χ4n) is 3.79. The summed E-state index contributed by atoms with van der Waals surface area (Å²) in [7, 11) is 0. The zero-order valence-corrected chi connectivity index (χ0v) is 19.1. The van der Waals surface area contributed by atoms with Crippen molar-refractivity contribution in [1.82, 2.24) is 9.80 Å². The van der Waals surface area contributed by atoms with Crippen molar-refractivity contribution in [3.05, 3.63) is 65.7 Å². The monoisotopic (exact) mass is 439 g/mol. The Hall–Kier alpha value is -2.41. The molecule has 1 aliphatic heterocycles. The summed E-state index contributed by atoms with van der Waals surface area (Å²) < 4.78 is 11.3. The normalized spacial score (nSPS) is 14.3. The van der Waals surface area contributed by atoms with Crippen molar-refractivity contribution in [3.8, 4) is 5.75 Å². The summed E-state index contributed by atoms with van der Waals surface area (Å²) in [5, 5.41) is 0. The molecule has 0 atom stereocenters. The van der Waals surface area contributed by atoms with Gasteiger partial charge in [-0.2, -0.15) is 0 Å². The van der Waals surface area contributed by atoms with Gasteiger partial charge in [0.05, 0.1) is 13.2 Å². The Morgan fingerprint density at radius 2 is 1.72 bits per heavy atom. The minimum absolute atomic E-state index is 0.222. The second-order valence-corrected chi connectivity index (χ2v) is 8.29. The number of hydrogen-bond acceptors (Lipinski definition) is 5. The van der Waals surface area contributed by atoms with Gasteiger partial charge in [0.25, 0.3) is 0 Å². The topological polar surface area (TPSA) is 68.0 Å². The molecule has 1 heterocycles. The molecule has 3 rings (SSSR count). The first-order chi connectivity index (χ1) is 15.7. The van der Waals surface area contributed by atoms with E-state index >= 15 is 0 Å². The predicted octanol–water partition coefficient (Wildman–Crippen LogP) is 3.45. The molecule has 1 fully saturated rings. The third-order valence-electron chi connectivity index (χ3n) is 5.78. The Morgan fingerprint density at radius 1 is 0.969 bits per heavy atom. The van der Waals surface area contributed by atoms with Crippen LogP contribution in [-0.4, -0.2) is 61.6 Å². The molecule has 0 aliphatic carbocycles. The van der Waals surface area contributed by atoms with Crippen LogP contribution in [0.1, 0.15) is 36.8 Å². The van der Waals surface area contributed by atoms with E-state index in [9.17, 15) is 4.79 Å². The van der Waals surface area contributed by atoms with Crippen LogP contribution in [0.25, 0.3) is 0 Å². The van der Waals surface area contributed by atoms with Crippen molar-refractivity contribution in [1.29, 1.82) is 0 Å². The molecular weight excluding hydrogens is 402 g/mol. The van der Waals surface area contributed by atoms with Gasteiger partial charge in [-0.3, -0.25) is 9.69 Å². The molecule has 0 unspecified atom stereocenters. The maximum atomic E-state index is 12.9. The Bertz CT molecular complexity index is 777. The first-order valence-electron chi connectivity index (χ1n) is 11.8. The largest absolute Gasteiger partial charge is 0.489 e. The SMILES string of the molecule is NCCCCCC(=O)N(CCN1CCOCC1)Cc1ccc(OCc2ccccc2)cc1. The van der Waals surface area contributed by atoms with E-state index in [4.69, 9.17) is 15.2 Å². The van der Waals surface area contributed by atoms with Gasteiger partial charge < -0.3 is 20.1 Å². The zero-order chi connectivity index (χ0) is 22.4. The number of benzene rings is 2. The Morgan fingerprint density at radius 3 is 2.44 bits per heavy atom. The maximum absolute atomic E-state index is 12.9. The van der Waals surface area contributed by atoms with Gasteiger partial charge in [0, 0.05) is 39.1 Å². The van der Waals surface area contributed by atoms with Gasteiger partial charge in [0.2, 0.25) is 5.91 Å². The summed E-state index contributed by atoms with van der Waals surface area (Å²) in [4.78, 5) is 17.3. The first kappa shape index (κ1) is 24.2. The van der Waals surface area contributed by atoms with E-state index in [-0.39, 0.29) is 5.91 Å². The zero-order valence-electron chi connectivity index (χ0n) is 19.1. The Kier molecular flexibility index (Phi) is 10.5. The summed E-state index contributed by atoms with van der Waals surface area (Å²) in [5.41, 5.74) is 7.85. The summed E-state index contributed by atoms with van der Waals surface area (Å²) in [6, 6.07) is 18.2. The van der Waals surface area contributed by atoms with E-state index in [0.29, 0.717) is 26.1 Å². The molecule has 0 spiro atoms. The van der Waals surface area contributed by atoms with Crippen LogP contribution in [0.3, 0.4) is 0 Å². The van der Waals surface area contributed by atoms with Crippen molar-refractivity contribution in [2.24, 2.45) is 5.73 Å². The number of unbranched alkanes of at least 4 members (excludes halogenated alkanes) is 2. The van der Waals surface area contributed by atoms with Gasteiger partial charge in [-0.25, -0.2) is 0 Å². The molecule has 1 saturated heterocycles. The third-order valence-corrected chi connectivity index (χ3v) is 5.78. The number of amides is 1. The van der Waals surface area contributed by atoms with Crippen LogP contribution in [0.5, 0.6) is 5.75 Å². The molecule has 174 valence electrons.